The van der Waals surface area contributed by atoms with Gasteiger partial charge in [-0.1, -0.05) is 30.3 Å². The lowest BCUT2D eigenvalue weighted by atomic mass is 9.95. The molecular formula is C33H43N9O3. The molecular weight excluding hydrogens is 570 g/mol. The summed E-state index contributed by atoms with van der Waals surface area (Å²) in [6, 6.07) is 14.2. The minimum atomic E-state index is -0.862. The summed E-state index contributed by atoms with van der Waals surface area (Å²) in [6.07, 6.45) is 5.47. The van der Waals surface area contributed by atoms with E-state index in [9.17, 15) is 14.4 Å². The molecule has 2 aliphatic rings. The molecule has 45 heavy (non-hydrogen) atoms. The van der Waals surface area contributed by atoms with E-state index in [2.05, 4.69) is 45.1 Å². The first-order chi connectivity index (χ1) is 21.8. The molecule has 3 amide bonds. The number of nitrogens with one attached hydrogen (secondary N) is 3. The Bertz CT molecular complexity index is 1510. The summed E-state index contributed by atoms with van der Waals surface area (Å²) in [4.78, 5) is 43.3. The second kappa shape index (κ2) is 14.5. The molecule has 5 rings (SSSR count). The van der Waals surface area contributed by atoms with Crippen molar-refractivity contribution in [3.63, 3.8) is 0 Å². The van der Waals surface area contributed by atoms with Gasteiger partial charge in [-0.05, 0) is 72.9 Å². The van der Waals surface area contributed by atoms with Crippen LogP contribution in [-0.2, 0) is 34.4 Å². The molecule has 0 aliphatic carbocycles. The molecule has 3 aromatic rings. The number of anilines is 1. The zero-order valence-corrected chi connectivity index (χ0v) is 26.0. The zero-order chi connectivity index (χ0) is 31.9. The van der Waals surface area contributed by atoms with Crippen LogP contribution in [-0.4, -0.2) is 76.1 Å². The van der Waals surface area contributed by atoms with Gasteiger partial charge in [0.05, 0.1) is 17.4 Å². The average molecular weight is 614 g/mol. The Hall–Kier alpha value is -4.58. The van der Waals surface area contributed by atoms with E-state index < -0.39 is 12.1 Å². The number of benzene rings is 2. The summed E-state index contributed by atoms with van der Waals surface area (Å²) in [5, 5.41) is 13.8. The third-order valence-electron chi connectivity index (χ3n) is 8.93. The zero-order valence-electron chi connectivity index (χ0n) is 26.0. The van der Waals surface area contributed by atoms with Gasteiger partial charge in [0.15, 0.2) is 0 Å². The summed E-state index contributed by atoms with van der Waals surface area (Å²) in [5.74, 6) is -0.455. The van der Waals surface area contributed by atoms with Crippen LogP contribution in [0.4, 0.5) is 11.4 Å². The first kappa shape index (κ1) is 31.8. The largest absolute Gasteiger partial charge is 0.386 e. The van der Waals surface area contributed by atoms with Crippen LogP contribution in [0.25, 0.3) is 11.3 Å². The van der Waals surface area contributed by atoms with E-state index in [1.165, 1.54) is 0 Å². The highest BCUT2D eigenvalue weighted by Gasteiger charge is 2.41. The number of aromatic nitrogens is 2. The molecule has 2 fully saturated rings. The molecule has 0 saturated carbocycles. The fraction of sp³-hybridized carbons (Fsp3) is 0.455. The molecule has 5 N–H and O–H groups in total. The Morgan fingerprint density at radius 1 is 1.09 bits per heavy atom. The molecule has 12 heteroatoms. The van der Waals surface area contributed by atoms with E-state index in [1.807, 2.05) is 34.8 Å². The van der Waals surface area contributed by atoms with Gasteiger partial charge >= 0.3 is 0 Å². The fourth-order valence-electron chi connectivity index (χ4n) is 6.40. The normalized spacial score (nSPS) is 18.6. The van der Waals surface area contributed by atoms with Gasteiger partial charge in [-0.2, -0.15) is 10.2 Å². The van der Waals surface area contributed by atoms with Gasteiger partial charge in [0.2, 0.25) is 17.7 Å². The average Bonchev–Trinajstić information content (AvgIpc) is 3.84. The van der Waals surface area contributed by atoms with Gasteiger partial charge in [-0.25, -0.2) is 5.53 Å². The van der Waals surface area contributed by atoms with Gasteiger partial charge in [0, 0.05) is 52.9 Å². The molecule has 0 radical (unpaired) electrons. The second-order valence-corrected chi connectivity index (χ2v) is 12.0. The summed E-state index contributed by atoms with van der Waals surface area (Å²) in [7, 11) is 3.67. The molecule has 3 heterocycles. The first-order valence-corrected chi connectivity index (χ1v) is 15.6. The number of likely N-dealkylation sites (tertiary alicyclic amines) is 2. The molecule has 0 spiro atoms. The molecule has 12 nitrogen and oxygen atoms in total. The highest BCUT2D eigenvalue weighted by atomic mass is 16.2. The first-order valence-electron chi connectivity index (χ1n) is 15.6. The summed E-state index contributed by atoms with van der Waals surface area (Å²) in [5.41, 5.74) is 19.0. The standard InChI is InChI=1S/C33H43N9O3/c1-36-27-11-7-23(18-28(27)39-35)20-37-32(44)30-19-24(17-22-5-8-25(9-6-22)29-13-14-38-40(29)2)21-42(30)33(45)26(34)10-12-31(43)41-15-3-4-16-41/h5-9,11,13-14,18,24,26,30,35-36H,3-4,10,12,15-17,19-21,34H2,1-2H3,(H,37,44)/t24-,26-,30+/m1/s1. The Balaban J connectivity index is 1.26. The minimum Gasteiger partial charge on any atom is -0.386 e. The van der Waals surface area contributed by atoms with Crippen molar-refractivity contribution in [2.24, 2.45) is 23.8 Å². The lowest BCUT2D eigenvalue weighted by molar-refractivity contribution is -0.140. The molecule has 2 aromatic carbocycles. The molecule has 238 valence electrons. The lowest BCUT2D eigenvalue weighted by Crippen LogP contribution is -2.51. The summed E-state index contributed by atoms with van der Waals surface area (Å²) >= 11 is 0. The number of carbonyl (C=O) groups excluding carboxylic acids is 3. The van der Waals surface area contributed by atoms with Crippen LogP contribution >= 0.6 is 0 Å². The number of hydrogen-bond acceptors (Lipinski definition) is 8. The van der Waals surface area contributed by atoms with Crippen LogP contribution in [0.2, 0.25) is 0 Å². The van der Waals surface area contributed by atoms with Crippen molar-refractivity contribution in [3.05, 3.63) is 65.9 Å². The Kier molecular flexibility index (Phi) is 10.2. The van der Waals surface area contributed by atoms with Crippen LogP contribution < -0.4 is 16.4 Å². The van der Waals surface area contributed by atoms with Crippen LogP contribution in [0.15, 0.2) is 59.8 Å². The molecule has 0 bridgehead atoms. The predicted molar refractivity (Wildman–Crippen MR) is 172 cm³/mol. The van der Waals surface area contributed by atoms with Gasteiger partial charge in [-0.15, -0.1) is 0 Å². The van der Waals surface area contributed by atoms with Crippen molar-refractivity contribution >= 4 is 29.1 Å². The highest BCUT2D eigenvalue weighted by Crippen LogP contribution is 2.30. The van der Waals surface area contributed by atoms with Crippen LogP contribution in [0.1, 0.15) is 43.2 Å². The van der Waals surface area contributed by atoms with E-state index in [1.54, 1.807) is 24.2 Å². The van der Waals surface area contributed by atoms with Crippen LogP contribution in [0.5, 0.6) is 0 Å². The number of aryl methyl sites for hydroxylation is 1. The highest BCUT2D eigenvalue weighted by molar-refractivity contribution is 5.90. The number of nitrogens with two attached hydrogens (primary N) is 1. The SMILES string of the molecule is CNc1ccc(CNC(=O)[C@@H]2C[C@@H](Cc3ccc(-c4ccnn4C)cc3)CN2C(=O)[C@H](N)CCC(=O)N2CCCC2)cc1N=N. The predicted octanol–water partition coefficient (Wildman–Crippen LogP) is 3.60. The van der Waals surface area contributed by atoms with Crippen molar-refractivity contribution in [3.8, 4) is 11.3 Å². The van der Waals surface area contributed by atoms with Crippen molar-refractivity contribution in [1.29, 1.82) is 5.53 Å². The van der Waals surface area contributed by atoms with E-state index in [4.69, 9.17) is 11.3 Å². The van der Waals surface area contributed by atoms with Gasteiger partial charge in [0.1, 0.15) is 11.7 Å². The maximum atomic E-state index is 13.7. The molecule has 0 unspecified atom stereocenters. The van der Waals surface area contributed by atoms with Crippen molar-refractivity contribution in [2.75, 3.05) is 32.0 Å². The number of nitrogens with zero attached hydrogens (tertiary/aromatic N) is 5. The number of amides is 3. The maximum absolute atomic E-state index is 13.7. The number of rotatable bonds is 12. The Morgan fingerprint density at radius 3 is 2.49 bits per heavy atom. The third-order valence-corrected chi connectivity index (χ3v) is 8.93. The number of hydrogen-bond donors (Lipinski definition) is 4. The van der Waals surface area contributed by atoms with Gasteiger partial charge in [-0.3, -0.25) is 19.1 Å². The van der Waals surface area contributed by atoms with E-state index >= 15 is 0 Å². The maximum Gasteiger partial charge on any atom is 0.243 e. The van der Waals surface area contributed by atoms with Crippen molar-refractivity contribution < 1.29 is 14.4 Å². The van der Waals surface area contributed by atoms with Crippen molar-refractivity contribution in [2.45, 2.75) is 57.2 Å². The smallest absolute Gasteiger partial charge is 0.243 e. The Labute approximate surface area is 263 Å². The monoisotopic (exact) mass is 613 g/mol. The third kappa shape index (κ3) is 7.56. The van der Waals surface area contributed by atoms with E-state index in [-0.39, 0.29) is 43.0 Å². The van der Waals surface area contributed by atoms with Crippen LogP contribution in [0, 0.1) is 11.4 Å². The fourth-order valence-corrected chi connectivity index (χ4v) is 6.40. The quantitative estimate of drug-likeness (QED) is 0.228. The topological polar surface area (TPSA) is 162 Å². The van der Waals surface area contributed by atoms with Crippen molar-refractivity contribution in [1.82, 2.24) is 24.9 Å². The molecule has 3 atom stereocenters. The molecule has 2 saturated heterocycles. The van der Waals surface area contributed by atoms with Crippen LogP contribution in [0.3, 0.4) is 0 Å². The minimum absolute atomic E-state index is 0.0296. The summed E-state index contributed by atoms with van der Waals surface area (Å²) in [6.45, 7) is 2.17. The summed E-state index contributed by atoms with van der Waals surface area (Å²) < 4.78 is 1.83. The van der Waals surface area contributed by atoms with E-state index in [0.29, 0.717) is 25.1 Å². The second-order valence-electron chi connectivity index (χ2n) is 12.0. The molecule has 2 aliphatic heterocycles. The van der Waals surface area contributed by atoms with E-state index in [0.717, 1.165) is 54.0 Å². The lowest BCUT2D eigenvalue weighted by Gasteiger charge is -2.27. The van der Waals surface area contributed by atoms with Gasteiger partial charge < -0.3 is 26.2 Å². The molecule has 1 aromatic heterocycles. The Morgan fingerprint density at radius 2 is 1.82 bits per heavy atom. The van der Waals surface area contributed by atoms with Gasteiger partial charge in [0.25, 0.3) is 0 Å². The number of carbonyl (C=O) groups is 3.